The number of benzene rings is 2. The molecule has 2 aromatic rings. The van der Waals surface area contributed by atoms with Crippen LogP contribution >= 0.6 is 0 Å². The van der Waals surface area contributed by atoms with Gasteiger partial charge >= 0.3 is 0 Å². The van der Waals surface area contributed by atoms with E-state index in [9.17, 15) is 0 Å². The summed E-state index contributed by atoms with van der Waals surface area (Å²) in [5.41, 5.74) is 2.92. The molecule has 3 heteroatoms. The minimum atomic E-state index is 0.691. The van der Waals surface area contributed by atoms with Crippen LogP contribution in [0.15, 0.2) is 42.5 Å². The first-order valence-corrected chi connectivity index (χ1v) is 6.02. The standard InChI is InChI=1S/C13H7N.2Al/c14-10-11-5-4-8-13(9-11)12-6-2-1-3-7-12;;/h2-7,9H;;. The van der Waals surface area contributed by atoms with E-state index in [1.54, 1.807) is 0 Å². The SMILES string of the molecule is N#Cc1cc[c]([Al])c(-c2cc[c]([Al])cc2)c1. The van der Waals surface area contributed by atoms with Crippen LogP contribution in [0.5, 0.6) is 0 Å². The van der Waals surface area contributed by atoms with Crippen molar-refractivity contribution in [3.63, 3.8) is 0 Å². The zero-order chi connectivity index (χ0) is 11.5. The van der Waals surface area contributed by atoms with Crippen molar-refractivity contribution in [3.8, 4) is 17.2 Å². The Balaban J connectivity index is 2.55. The molecule has 0 fully saturated rings. The molecule has 0 heterocycles. The van der Waals surface area contributed by atoms with Gasteiger partial charge < -0.3 is 0 Å². The van der Waals surface area contributed by atoms with Crippen molar-refractivity contribution >= 4 is 41.4 Å². The molecule has 0 spiro atoms. The molecule has 0 aromatic heterocycles. The summed E-state index contributed by atoms with van der Waals surface area (Å²) in [6.07, 6.45) is 0. The maximum Gasteiger partial charge on any atom is 0.176 e. The summed E-state index contributed by atoms with van der Waals surface area (Å²) in [6.45, 7) is 0. The third-order valence-electron chi connectivity index (χ3n) is 2.40. The van der Waals surface area contributed by atoms with Crippen molar-refractivity contribution in [1.29, 1.82) is 5.26 Å². The predicted octanol–water partition coefficient (Wildman–Crippen LogP) is 0.813. The molecule has 1 nitrogen and oxygen atoms in total. The van der Waals surface area contributed by atoms with E-state index in [0.29, 0.717) is 5.56 Å². The maximum absolute atomic E-state index is 8.88. The van der Waals surface area contributed by atoms with E-state index >= 15 is 0 Å². The highest BCUT2D eigenvalue weighted by atomic mass is 27.1. The smallest absolute Gasteiger partial charge is 0.176 e. The highest BCUT2D eigenvalue weighted by Crippen LogP contribution is 2.16. The van der Waals surface area contributed by atoms with E-state index in [1.165, 1.54) is 0 Å². The van der Waals surface area contributed by atoms with Gasteiger partial charge in [0.25, 0.3) is 0 Å². The molecular weight excluding hydrogens is 224 g/mol. The van der Waals surface area contributed by atoms with Gasteiger partial charge in [-0.1, -0.05) is 30.3 Å². The molecular formula is C13H7Al2N. The van der Waals surface area contributed by atoms with Crippen molar-refractivity contribution in [2.24, 2.45) is 0 Å². The molecule has 0 saturated carbocycles. The van der Waals surface area contributed by atoms with Crippen molar-refractivity contribution in [3.05, 3.63) is 48.0 Å². The van der Waals surface area contributed by atoms with Crippen molar-refractivity contribution < 1.29 is 0 Å². The Bertz CT molecular complexity index is 553. The number of rotatable bonds is 1. The molecule has 0 aliphatic carbocycles. The van der Waals surface area contributed by atoms with E-state index < -0.39 is 0 Å². The first-order chi connectivity index (χ1) is 7.70. The largest absolute Gasteiger partial charge is 0.192 e. The predicted molar refractivity (Wildman–Crippen MR) is 67.4 cm³/mol. The van der Waals surface area contributed by atoms with Crippen LogP contribution in [0, 0.1) is 11.3 Å². The third-order valence-corrected chi connectivity index (χ3v) is 3.29. The monoisotopic (exact) mass is 231 g/mol. The lowest BCUT2D eigenvalue weighted by Gasteiger charge is -2.08. The first kappa shape index (κ1) is 11.5. The lowest BCUT2D eigenvalue weighted by atomic mass is 10.0. The Kier molecular flexibility index (Phi) is 3.50. The van der Waals surface area contributed by atoms with Gasteiger partial charge in [0.2, 0.25) is 0 Å². The van der Waals surface area contributed by atoms with Gasteiger partial charge in [-0.2, -0.15) is 5.26 Å². The zero-order valence-electron chi connectivity index (χ0n) is 8.64. The lowest BCUT2D eigenvalue weighted by molar-refractivity contribution is 1.49. The third kappa shape index (κ3) is 2.39. The van der Waals surface area contributed by atoms with Crippen LogP contribution in [-0.2, 0) is 0 Å². The van der Waals surface area contributed by atoms with Gasteiger partial charge in [0.1, 0.15) is 0 Å². The van der Waals surface area contributed by atoms with Gasteiger partial charge in [-0.3, -0.25) is 0 Å². The van der Waals surface area contributed by atoms with Gasteiger partial charge in [0.05, 0.1) is 11.6 Å². The molecule has 0 unspecified atom stereocenters. The molecule has 0 aliphatic heterocycles. The van der Waals surface area contributed by atoms with Crippen LogP contribution in [0.4, 0.5) is 0 Å². The fraction of sp³-hybridized carbons (Fsp3) is 0. The average Bonchev–Trinajstić information content (AvgIpc) is 2.31. The summed E-state index contributed by atoms with van der Waals surface area (Å²) in [5, 5.41) is 8.88. The van der Waals surface area contributed by atoms with E-state index in [-0.39, 0.29) is 0 Å². The van der Waals surface area contributed by atoms with Crippen LogP contribution in [0.25, 0.3) is 11.1 Å². The first-order valence-electron chi connectivity index (χ1n) is 4.86. The van der Waals surface area contributed by atoms with Crippen LogP contribution < -0.4 is 8.85 Å². The Morgan fingerprint density at radius 1 is 0.938 bits per heavy atom. The summed E-state index contributed by atoms with van der Waals surface area (Å²) in [7, 11) is 0. The van der Waals surface area contributed by atoms with Crippen molar-refractivity contribution in [2.75, 3.05) is 0 Å². The van der Waals surface area contributed by atoms with Gasteiger partial charge in [-0.15, -0.1) is 8.85 Å². The number of nitriles is 1. The Morgan fingerprint density at radius 3 is 2.25 bits per heavy atom. The molecule has 16 heavy (non-hydrogen) atoms. The number of hydrogen-bond donors (Lipinski definition) is 0. The van der Waals surface area contributed by atoms with Crippen LogP contribution in [0.3, 0.4) is 0 Å². The Labute approximate surface area is 112 Å². The highest BCUT2D eigenvalue weighted by Gasteiger charge is 2.01. The summed E-state index contributed by atoms with van der Waals surface area (Å²) >= 11 is 5.36. The molecule has 0 N–H and O–H groups in total. The summed E-state index contributed by atoms with van der Waals surface area (Å²) in [6, 6.07) is 16.1. The zero-order valence-corrected chi connectivity index (χ0v) is 11.0. The number of nitrogens with zero attached hydrogens (tertiary/aromatic N) is 1. The molecule has 2 aromatic carbocycles. The summed E-state index contributed by atoms with van der Waals surface area (Å²) in [4.78, 5) is 0. The van der Waals surface area contributed by atoms with E-state index in [2.05, 4.69) is 50.8 Å². The van der Waals surface area contributed by atoms with Crippen LogP contribution in [0.1, 0.15) is 5.56 Å². The number of hydrogen-bond acceptors (Lipinski definition) is 1. The lowest BCUT2D eigenvalue weighted by Crippen LogP contribution is -2.07. The highest BCUT2D eigenvalue weighted by molar-refractivity contribution is 6.36. The van der Waals surface area contributed by atoms with Crippen molar-refractivity contribution in [1.82, 2.24) is 0 Å². The fourth-order valence-corrected chi connectivity index (χ4v) is 2.08. The second-order valence-corrected chi connectivity index (χ2v) is 4.82. The minimum absolute atomic E-state index is 0.691. The summed E-state index contributed by atoms with van der Waals surface area (Å²) in [5.74, 6) is 0. The molecule has 0 aliphatic rings. The average molecular weight is 231 g/mol. The quantitative estimate of drug-likeness (QED) is 0.666. The molecule has 0 atom stereocenters. The van der Waals surface area contributed by atoms with Crippen LogP contribution in [0.2, 0.25) is 0 Å². The topological polar surface area (TPSA) is 23.8 Å². The van der Waals surface area contributed by atoms with Gasteiger partial charge in [0, 0.05) is 0 Å². The summed E-state index contributed by atoms with van der Waals surface area (Å²) < 4.78 is 2.26. The molecule has 0 amide bonds. The molecule has 0 saturated heterocycles. The van der Waals surface area contributed by atoms with Gasteiger partial charge in [-0.25, -0.2) is 0 Å². The maximum atomic E-state index is 8.88. The van der Waals surface area contributed by atoms with Gasteiger partial charge in [-0.05, 0) is 23.3 Å². The Hall–Kier alpha value is -1.01. The van der Waals surface area contributed by atoms with Crippen molar-refractivity contribution in [2.45, 2.75) is 0 Å². The molecule has 70 valence electrons. The normalized spacial score (nSPS) is 9.69. The molecule has 4 radical (unpaired) electrons. The fourth-order valence-electron chi connectivity index (χ4n) is 1.54. The second kappa shape index (κ2) is 4.89. The van der Waals surface area contributed by atoms with Crippen LogP contribution in [-0.4, -0.2) is 32.6 Å². The van der Waals surface area contributed by atoms with E-state index in [0.717, 1.165) is 20.0 Å². The van der Waals surface area contributed by atoms with Gasteiger partial charge in [0.15, 0.2) is 32.6 Å². The Morgan fingerprint density at radius 2 is 1.62 bits per heavy atom. The second-order valence-electron chi connectivity index (χ2n) is 3.54. The van der Waals surface area contributed by atoms with E-state index in [4.69, 9.17) is 5.26 Å². The molecule has 2 rings (SSSR count). The minimum Gasteiger partial charge on any atom is -0.192 e. The molecule has 0 bridgehead atoms. The van der Waals surface area contributed by atoms with E-state index in [1.807, 2.05) is 30.3 Å².